The third-order valence-electron chi connectivity index (χ3n) is 5.31. The molecule has 7 nitrogen and oxygen atoms in total. The van der Waals surface area contributed by atoms with E-state index in [1.54, 1.807) is 22.9 Å². The lowest BCUT2D eigenvalue weighted by Crippen LogP contribution is -2.23. The van der Waals surface area contributed by atoms with Crippen LogP contribution in [0.5, 0.6) is 5.75 Å². The molecule has 0 saturated carbocycles. The predicted octanol–water partition coefficient (Wildman–Crippen LogP) is 4.24. The van der Waals surface area contributed by atoms with Gasteiger partial charge in [-0.2, -0.15) is 10.4 Å². The standard InChI is InChI=1S/C26H23N5O2/c1-17-6-5-7-20(14-17)31-25(28)22(15-27)24(30-31)19-12-10-18(11-13-19)16-29-26(32)21-8-3-4-9-23(21)33-2/h3-14H,16,28H2,1-2H3,(H,29,32). The van der Waals surface area contributed by atoms with Crippen LogP contribution in [-0.2, 0) is 6.54 Å². The average molecular weight is 438 g/mol. The van der Waals surface area contributed by atoms with Crippen LogP contribution < -0.4 is 15.8 Å². The van der Waals surface area contributed by atoms with Crippen molar-refractivity contribution < 1.29 is 9.53 Å². The number of aryl methyl sites for hydroxylation is 1. The van der Waals surface area contributed by atoms with Crippen LogP contribution in [0.4, 0.5) is 5.82 Å². The lowest BCUT2D eigenvalue weighted by molar-refractivity contribution is 0.0948. The van der Waals surface area contributed by atoms with Gasteiger partial charge in [-0.3, -0.25) is 4.79 Å². The van der Waals surface area contributed by atoms with Gasteiger partial charge in [0.25, 0.3) is 5.91 Å². The zero-order chi connectivity index (χ0) is 23.4. The number of amides is 1. The number of nitrogens with one attached hydrogen (secondary N) is 1. The van der Waals surface area contributed by atoms with Crippen LogP contribution in [-0.4, -0.2) is 22.8 Å². The lowest BCUT2D eigenvalue weighted by atomic mass is 10.1. The molecule has 0 spiro atoms. The number of nitriles is 1. The minimum atomic E-state index is -0.215. The van der Waals surface area contributed by atoms with E-state index in [9.17, 15) is 10.1 Å². The van der Waals surface area contributed by atoms with Gasteiger partial charge in [0.15, 0.2) is 0 Å². The molecule has 1 aromatic heterocycles. The van der Waals surface area contributed by atoms with Crippen molar-refractivity contribution in [3.05, 3.63) is 95.1 Å². The van der Waals surface area contributed by atoms with Crippen LogP contribution in [0.1, 0.15) is 27.0 Å². The van der Waals surface area contributed by atoms with Crippen molar-refractivity contribution in [2.45, 2.75) is 13.5 Å². The second-order valence-corrected chi connectivity index (χ2v) is 7.55. The molecule has 7 heteroatoms. The number of rotatable bonds is 6. The van der Waals surface area contributed by atoms with Gasteiger partial charge in [0.2, 0.25) is 0 Å². The number of anilines is 1. The molecule has 0 aliphatic heterocycles. The van der Waals surface area contributed by atoms with Gasteiger partial charge in [-0.1, -0.05) is 48.5 Å². The second-order valence-electron chi connectivity index (χ2n) is 7.55. The number of nitrogens with two attached hydrogens (primary N) is 1. The quantitative estimate of drug-likeness (QED) is 0.469. The molecule has 1 heterocycles. The Labute approximate surface area is 192 Å². The molecule has 0 unspecified atom stereocenters. The average Bonchev–Trinajstić information content (AvgIpc) is 3.18. The van der Waals surface area contributed by atoms with E-state index in [1.807, 2.05) is 61.5 Å². The Bertz CT molecular complexity index is 1350. The molecule has 0 atom stereocenters. The van der Waals surface area contributed by atoms with Gasteiger partial charge in [0, 0.05) is 12.1 Å². The third kappa shape index (κ3) is 4.41. The van der Waals surface area contributed by atoms with E-state index in [-0.39, 0.29) is 5.91 Å². The summed E-state index contributed by atoms with van der Waals surface area (Å²) in [6.07, 6.45) is 0. The Morgan fingerprint density at radius 3 is 2.58 bits per heavy atom. The Hall–Kier alpha value is -4.57. The van der Waals surface area contributed by atoms with Crippen LogP contribution in [0.3, 0.4) is 0 Å². The number of nitrogen functional groups attached to an aromatic ring is 1. The molecule has 0 bridgehead atoms. The molecule has 33 heavy (non-hydrogen) atoms. The molecule has 0 radical (unpaired) electrons. The molecule has 3 N–H and O–H groups in total. The number of ether oxygens (including phenoxy) is 1. The topological polar surface area (TPSA) is 106 Å². The minimum Gasteiger partial charge on any atom is -0.496 e. The van der Waals surface area contributed by atoms with Crippen molar-refractivity contribution >= 4 is 11.7 Å². The smallest absolute Gasteiger partial charge is 0.255 e. The Kier molecular flexibility index (Phi) is 6.09. The number of carbonyl (C=O) groups is 1. The molecule has 0 saturated heterocycles. The number of benzene rings is 3. The first-order valence-electron chi connectivity index (χ1n) is 10.4. The van der Waals surface area contributed by atoms with Crippen molar-refractivity contribution in [3.8, 4) is 28.8 Å². The summed E-state index contributed by atoms with van der Waals surface area (Å²) in [5, 5.41) is 17.2. The first-order chi connectivity index (χ1) is 16.0. The number of nitrogens with zero attached hydrogens (tertiary/aromatic N) is 3. The van der Waals surface area contributed by atoms with E-state index in [2.05, 4.69) is 16.5 Å². The number of para-hydroxylation sites is 1. The predicted molar refractivity (Wildman–Crippen MR) is 127 cm³/mol. The maximum absolute atomic E-state index is 12.5. The summed E-state index contributed by atoms with van der Waals surface area (Å²) in [7, 11) is 1.54. The van der Waals surface area contributed by atoms with Gasteiger partial charge in [-0.05, 0) is 42.3 Å². The summed E-state index contributed by atoms with van der Waals surface area (Å²) < 4.78 is 6.83. The van der Waals surface area contributed by atoms with Crippen LogP contribution >= 0.6 is 0 Å². The van der Waals surface area contributed by atoms with E-state index in [0.29, 0.717) is 34.9 Å². The molecular weight excluding hydrogens is 414 g/mol. The molecule has 1 amide bonds. The molecule has 164 valence electrons. The third-order valence-corrected chi connectivity index (χ3v) is 5.31. The normalized spacial score (nSPS) is 10.5. The van der Waals surface area contributed by atoms with Crippen molar-refractivity contribution in [2.24, 2.45) is 0 Å². The maximum Gasteiger partial charge on any atom is 0.255 e. The Morgan fingerprint density at radius 2 is 1.88 bits per heavy atom. The highest BCUT2D eigenvalue weighted by molar-refractivity contribution is 5.96. The van der Waals surface area contributed by atoms with Gasteiger partial charge in [-0.25, -0.2) is 4.68 Å². The van der Waals surface area contributed by atoms with Gasteiger partial charge in [-0.15, -0.1) is 0 Å². The molecule has 4 rings (SSSR count). The fraction of sp³-hybridized carbons (Fsp3) is 0.115. The van der Waals surface area contributed by atoms with Gasteiger partial charge >= 0.3 is 0 Å². The highest BCUT2D eigenvalue weighted by Gasteiger charge is 2.18. The van der Waals surface area contributed by atoms with Crippen LogP contribution in [0.25, 0.3) is 16.9 Å². The first kappa shape index (κ1) is 21.7. The van der Waals surface area contributed by atoms with Gasteiger partial charge in [0.1, 0.15) is 28.9 Å². The first-order valence-corrected chi connectivity index (χ1v) is 10.4. The largest absolute Gasteiger partial charge is 0.496 e. The van der Waals surface area contributed by atoms with E-state index < -0.39 is 0 Å². The number of methoxy groups -OCH3 is 1. The molecular formula is C26H23N5O2. The van der Waals surface area contributed by atoms with E-state index in [0.717, 1.165) is 22.4 Å². The lowest BCUT2D eigenvalue weighted by Gasteiger charge is -2.09. The summed E-state index contributed by atoms with van der Waals surface area (Å²) >= 11 is 0. The monoisotopic (exact) mass is 437 g/mol. The number of aromatic nitrogens is 2. The summed E-state index contributed by atoms with van der Waals surface area (Å²) in [5.74, 6) is 0.607. The second kappa shape index (κ2) is 9.28. The van der Waals surface area contributed by atoms with Crippen molar-refractivity contribution in [3.63, 3.8) is 0 Å². The zero-order valence-corrected chi connectivity index (χ0v) is 18.4. The van der Waals surface area contributed by atoms with Crippen LogP contribution in [0.2, 0.25) is 0 Å². The fourth-order valence-electron chi connectivity index (χ4n) is 3.59. The Morgan fingerprint density at radius 1 is 1.12 bits per heavy atom. The summed E-state index contributed by atoms with van der Waals surface area (Å²) in [6.45, 7) is 2.34. The van der Waals surface area contributed by atoms with Gasteiger partial charge in [0.05, 0.1) is 18.4 Å². The van der Waals surface area contributed by atoms with E-state index >= 15 is 0 Å². The van der Waals surface area contributed by atoms with Crippen LogP contribution in [0.15, 0.2) is 72.8 Å². The number of hydrogen-bond acceptors (Lipinski definition) is 5. The molecule has 3 aromatic carbocycles. The zero-order valence-electron chi connectivity index (χ0n) is 18.4. The number of hydrogen-bond donors (Lipinski definition) is 2. The SMILES string of the molecule is COc1ccccc1C(=O)NCc1ccc(-c2nn(-c3cccc(C)c3)c(N)c2C#N)cc1. The van der Waals surface area contributed by atoms with Crippen molar-refractivity contribution in [2.75, 3.05) is 12.8 Å². The van der Waals surface area contributed by atoms with E-state index in [4.69, 9.17) is 10.5 Å². The van der Waals surface area contributed by atoms with E-state index in [1.165, 1.54) is 7.11 Å². The summed E-state index contributed by atoms with van der Waals surface area (Å²) in [4.78, 5) is 12.5. The molecule has 4 aromatic rings. The fourth-order valence-corrected chi connectivity index (χ4v) is 3.59. The highest BCUT2D eigenvalue weighted by Crippen LogP contribution is 2.29. The number of carbonyl (C=O) groups excluding carboxylic acids is 1. The van der Waals surface area contributed by atoms with Crippen LogP contribution in [0, 0.1) is 18.3 Å². The molecule has 0 aliphatic rings. The van der Waals surface area contributed by atoms with Crippen molar-refractivity contribution in [1.82, 2.24) is 15.1 Å². The summed E-state index contributed by atoms with van der Waals surface area (Å²) in [6, 6.07) is 24.5. The Balaban J connectivity index is 1.54. The summed E-state index contributed by atoms with van der Waals surface area (Å²) in [5.41, 5.74) is 11.1. The maximum atomic E-state index is 12.5. The highest BCUT2D eigenvalue weighted by atomic mass is 16.5. The molecule has 0 aliphatic carbocycles. The van der Waals surface area contributed by atoms with Crippen molar-refractivity contribution in [1.29, 1.82) is 5.26 Å². The van der Waals surface area contributed by atoms with Gasteiger partial charge < -0.3 is 15.8 Å². The molecule has 0 fully saturated rings. The minimum absolute atomic E-state index is 0.215.